The van der Waals surface area contributed by atoms with Crippen LogP contribution in [0.25, 0.3) is 11.0 Å². The summed E-state index contributed by atoms with van der Waals surface area (Å²) in [6.45, 7) is 9.04. The maximum atomic E-state index is 12.3. The lowest BCUT2D eigenvalue weighted by molar-refractivity contribution is -0.882. The summed E-state index contributed by atoms with van der Waals surface area (Å²) in [4.78, 5) is 24.1. The van der Waals surface area contributed by atoms with Crippen molar-refractivity contribution in [1.29, 1.82) is 0 Å². The Balaban J connectivity index is 1.85. The average Bonchev–Trinajstić information content (AvgIpc) is 2.77. The van der Waals surface area contributed by atoms with E-state index in [-0.39, 0.29) is 11.5 Å². The average molecular weight is 472 g/mol. The number of fused-ring (bicyclic) bond motifs is 1. The minimum atomic E-state index is -0.354. The third-order valence-corrected chi connectivity index (χ3v) is 5.90. The molecular formula is C28H43N2O4+. The summed E-state index contributed by atoms with van der Waals surface area (Å²) >= 11 is 0. The van der Waals surface area contributed by atoms with Crippen LogP contribution in [0.5, 0.6) is 5.75 Å². The Morgan fingerprint density at radius 1 is 1.06 bits per heavy atom. The monoisotopic (exact) mass is 471 g/mol. The molecule has 0 bridgehead atoms. The summed E-state index contributed by atoms with van der Waals surface area (Å²) in [6, 6.07) is 7.13. The molecule has 0 aliphatic heterocycles. The first-order valence-corrected chi connectivity index (χ1v) is 12.6. The first-order valence-electron chi connectivity index (χ1n) is 12.6. The Kier molecular flexibility index (Phi) is 11.3. The van der Waals surface area contributed by atoms with E-state index in [0.717, 1.165) is 49.1 Å². The van der Waals surface area contributed by atoms with Crippen LogP contribution in [0.1, 0.15) is 64.9 Å². The van der Waals surface area contributed by atoms with E-state index in [9.17, 15) is 9.59 Å². The van der Waals surface area contributed by atoms with Crippen molar-refractivity contribution < 1.29 is 18.4 Å². The Hall–Kier alpha value is -2.60. The Morgan fingerprint density at radius 2 is 1.82 bits per heavy atom. The summed E-state index contributed by atoms with van der Waals surface area (Å²) in [5, 5.41) is 3.95. The van der Waals surface area contributed by atoms with Crippen LogP contribution in [0, 0.1) is 0 Å². The number of rotatable bonds is 15. The standard InChI is InChI=1S/C28H42N2O4/c1-6-7-8-9-18-29-26(31)21-30(4,5)19-10-11-20-33-25-16-13-23-14-17-27(32)34-28(23)24(25)15-12-22(2)3/h12-14,16-17H,6-11,15,18-21H2,1-5H3/p+1. The molecule has 0 aliphatic carbocycles. The zero-order valence-electron chi connectivity index (χ0n) is 21.7. The second-order valence-electron chi connectivity index (χ2n) is 9.98. The molecule has 0 saturated heterocycles. The van der Waals surface area contributed by atoms with Crippen molar-refractivity contribution in [2.45, 2.75) is 65.7 Å². The molecule has 1 amide bonds. The number of amides is 1. The van der Waals surface area contributed by atoms with Crippen molar-refractivity contribution in [3.8, 4) is 5.75 Å². The zero-order valence-corrected chi connectivity index (χ0v) is 21.7. The number of likely N-dealkylation sites (N-methyl/N-ethyl adjacent to an activating group) is 1. The molecule has 0 aliphatic rings. The van der Waals surface area contributed by atoms with Gasteiger partial charge in [-0.2, -0.15) is 0 Å². The van der Waals surface area contributed by atoms with Crippen LogP contribution in [0.3, 0.4) is 0 Å². The number of nitrogens with zero attached hydrogens (tertiary/aromatic N) is 1. The molecule has 0 unspecified atom stereocenters. The molecule has 6 nitrogen and oxygen atoms in total. The van der Waals surface area contributed by atoms with Gasteiger partial charge in [0.1, 0.15) is 11.3 Å². The molecule has 1 heterocycles. The van der Waals surface area contributed by atoms with Gasteiger partial charge in [-0.25, -0.2) is 4.79 Å². The smallest absolute Gasteiger partial charge is 0.336 e. The van der Waals surface area contributed by atoms with Crippen molar-refractivity contribution in [1.82, 2.24) is 5.32 Å². The zero-order chi connectivity index (χ0) is 25.0. The van der Waals surface area contributed by atoms with Crippen LogP contribution >= 0.6 is 0 Å². The molecule has 2 rings (SSSR count). The summed E-state index contributed by atoms with van der Waals surface area (Å²) in [6.07, 6.45) is 9.27. The predicted octanol–water partition coefficient (Wildman–Crippen LogP) is 5.23. The topological polar surface area (TPSA) is 68.5 Å². The van der Waals surface area contributed by atoms with Gasteiger partial charge in [-0.3, -0.25) is 4.79 Å². The minimum Gasteiger partial charge on any atom is -0.493 e. The van der Waals surface area contributed by atoms with Crippen molar-refractivity contribution in [2.75, 3.05) is 40.3 Å². The van der Waals surface area contributed by atoms with Crippen molar-refractivity contribution in [2.24, 2.45) is 0 Å². The fraction of sp³-hybridized carbons (Fsp3) is 0.571. The van der Waals surface area contributed by atoms with Crippen LogP contribution in [0.2, 0.25) is 0 Å². The van der Waals surface area contributed by atoms with Gasteiger partial charge in [-0.1, -0.05) is 37.8 Å². The van der Waals surface area contributed by atoms with Gasteiger partial charge in [0, 0.05) is 23.6 Å². The Bertz CT molecular complexity index is 1000. The predicted molar refractivity (Wildman–Crippen MR) is 139 cm³/mol. The van der Waals surface area contributed by atoms with E-state index in [0.29, 0.717) is 29.6 Å². The summed E-state index contributed by atoms with van der Waals surface area (Å²) in [5.74, 6) is 0.884. The molecular weight excluding hydrogens is 428 g/mol. The highest BCUT2D eigenvalue weighted by atomic mass is 16.5. The number of ether oxygens (including phenoxy) is 1. The SMILES string of the molecule is CCCCCCNC(=O)C[N+](C)(C)CCCCOc1ccc2ccc(=O)oc2c1CC=C(C)C. The van der Waals surface area contributed by atoms with Crippen LogP contribution in [-0.4, -0.2) is 50.7 Å². The van der Waals surface area contributed by atoms with E-state index < -0.39 is 0 Å². The highest BCUT2D eigenvalue weighted by Crippen LogP contribution is 2.28. The van der Waals surface area contributed by atoms with Gasteiger partial charge in [-0.15, -0.1) is 0 Å². The third-order valence-electron chi connectivity index (χ3n) is 5.90. The molecule has 0 atom stereocenters. The second kappa shape index (κ2) is 14.0. The molecule has 6 heteroatoms. The lowest BCUT2D eigenvalue weighted by Crippen LogP contribution is -2.48. The first-order chi connectivity index (χ1) is 16.2. The fourth-order valence-corrected chi connectivity index (χ4v) is 3.93. The van der Waals surface area contributed by atoms with Gasteiger partial charge in [0.15, 0.2) is 6.54 Å². The number of hydrogen-bond donors (Lipinski definition) is 1. The number of unbranched alkanes of at least 4 members (excludes halogenated alkanes) is 4. The van der Waals surface area contributed by atoms with Crippen LogP contribution in [0.15, 0.2) is 45.1 Å². The summed E-state index contributed by atoms with van der Waals surface area (Å²) < 4.78 is 12.3. The molecule has 1 aromatic carbocycles. The lowest BCUT2D eigenvalue weighted by atomic mass is 10.1. The fourth-order valence-electron chi connectivity index (χ4n) is 3.93. The molecule has 0 fully saturated rings. The normalized spacial score (nSPS) is 11.4. The Labute approximate surface area is 204 Å². The quantitative estimate of drug-likeness (QED) is 0.167. The van der Waals surface area contributed by atoms with Crippen LogP contribution in [0.4, 0.5) is 0 Å². The van der Waals surface area contributed by atoms with Gasteiger partial charge < -0.3 is 19.0 Å². The van der Waals surface area contributed by atoms with Gasteiger partial charge in [-0.05, 0) is 57.7 Å². The summed E-state index contributed by atoms with van der Waals surface area (Å²) in [5.41, 5.74) is 2.35. The molecule has 188 valence electrons. The van der Waals surface area contributed by atoms with E-state index in [1.807, 2.05) is 12.1 Å². The number of carbonyl (C=O) groups is 1. The first kappa shape index (κ1) is 27.6. The largest absolute Gasteiger partial charge is 0.493 e. The van der Waals surface area contributed by atoms with Gasteiger partial charge >= 0.3 is 5.63 Å². The second-order valence-corrected chi connectivity index (χ2v) is 9.98. The molecule has 1 aromatic heterocycles. The Morgan fingerprint density at radius 3 is 2.56 bits per heavy atom. The van der Waals surface area contributed by atoms with Crippen LogP contribution < -0.4 is 15.7 Å². The maximum Gasteiger partial charge on any atom is 0.336 e. The highest BCUT2D eigenvalue weighted by molar-refractivity contribution is 5.82. The maximum absolute atomic E-state index is 12.3. The van der Waals surface area contributed by atoms with E-state index >= 15 is 0 Å². The van der Waals surface area contributed by atoms with Gasteiger partial charge in [0.2, 0.25) is 0 Å². The number of hydrogen-bond acceptors (Lipinski definition) is 4. The van der Waals surface area contributed by atoms with Crippen LogP contribution in [-0.2, 0) is 11.2 Å². The molecule has 0 saturated carbocycles. The summed E-state index contributed by atoms with van der Waals surface area (Å²) in [7, 11) is 4.20. The van der Waals surface area contributed by atoms with E-state index in [2.05, 4.69) is 46.3 Å². The van der Waals surface area contributed by atoms with Crippen molar-refractivity contribution in [3.05, 3.63) is 51.9 Å². The van der Waals surface area contributed by atoms with Crippen molar-refractivity contribution >= 4 is 16.9 Å². The molecule has 0 spiro atoms. The molecule has 34 heavy (non-hydrogen) atoms. The number of quaternary nitrogens is 1. The molecule has 1 N–H and O–H groups in total. The van der Waals surface area contributed by atoms with E-state index in [1.165, 1.54) is 30.9 Å². The van der Waals surface area contributed by atoms with Crippen molar-refractivity contribution in [3.63, 3.8) is 0 Å². The lowest BCUT2D eigenvalue weighted by Gasteiger charge is -2.29. The number of allylic oxidation sites excluding steroid dienone is 2. The number of benzene rings is 1. The van der Waals surface area contributed by atoms with Gasteiger partial charge in [0.05, 0.1) is 27.2 Å². The van der Waals surface area contributed by atoms with E-state index in [1.54, 1.807) is 6.07 Å². The van der Waals surface area contributed by atoms with E-state index in [4.69, 9.17) is 9.15 Å². The molecule has 2 aromatic rings. The van der Waals surface area contributed by atoms with Gasteiger partial charge in [0.25, 0.3) is 5.91 Å². The molecule has 0 radical (unpaired) electrons. The third kappa shape index (κ3) is 9.72. The number of carbonyl (C=O) groups excluding carboxylic acids is 1. The highest BCUT2D eigenvalue weighted by Gasteiger charge is 2.19. The minimum absolute atomic E-state index is 0.124. The number of nitrogens with one attached hydrogen (secondary N) is 1.